The normalized spacial score (nSPS) is 10.9. The highest BCUT2D eigenvalue weighted by Gasteiger charge is 2.02. The quantitative estimate of drug-likeness (QED) is 0.330. The van der Waals surface area contributed by atoms with Crippen molar-refractivity contribution in [1.82, 2.24) is 0 Å². The predicted molar refractivity (Wildman–Crippen MR) is 75.1 cm³/mol. The Morgan fingerprint density at radius 1 is 0.909 bits per heavy atom. The van der Waals surface area contributed by atoms with Crippen LogP contribution in [0.1, 0.15) is 27.7 Å². The van der Waals surface area contributed by atoms with Crippen molar-refractivity contribution in [1.29, 1.82) is 0 Å². The lowest BCUT2D eigenvalue weighted by atomic mass is 10.4. The number of rotatable bonds is 4. The van der Waals surface area contributed by atoms with Gasteiger partial charge in [0.2, 0.25) is 0 Å². The van der Waals surface area contributed by atoms with E-state index >= 15 is 0 Å². The summed E-state index contributed by atoms with van der Waals surface area (Å²) < 4.78 is 4.35. The zero-order valence-electron chi connectivity index (χ0n) is 13.1. The summed E-state index contributed by atoms with van der Waals surface area (Å²) in [5.41, 5.74) is 0. The fraction of sp³-hybridized carbons (Fsp3) is 0.750. The molecule has 0 bridgehead atoms. The van der Waals surface area contributed by atoms with Crippen molar-refractivity contribution in [3.8, 4) is 0 Å². The highest BCUT2D eigenvalue weighted by Crippen LogP contribution is 1.83. The van der Waals surface area contributed by atoms with Gasteiger partial charge in [0.1, 0.15) is 12.7 Å². The number of esters is 1. The van der Waals surface area contributed by atoms with E-state index in [4.69, 9.17) is 40.2 Å². The van der Waals surface area contributed by atoms with Crippen LogP contribution in [-0.4, -0.2) is 80.6 Å². The first-order valence-corrected chi connectivity index (χ1v) is 6.00. The monoisotopic (exact) mass is 330 g/mol. The number of carboxylic acids is 2. The van der Waals surface area contributed by atoms with Crippen molar-refractivity contribution in [2.75, 3.05) is 19.8 Å². The molecule has 10 nitrogen and oxygen atoms in total. The van der Waals surface area contributed by atoms with E-state index in [0.717, 1.165) is 13.8 Å². The van der Waals surface area contributed by atoms with Crippen molar-refractivity contribution in [3.05, 3.63) is 0 Å². The molecule has 22 heavy (non-hydrogen) atoms. The molecule has 0 aromatic heterocycles. The van der Waals surface area contributed by atoms with Gasteiger partial charge in [0.05, 0.1) is 19.3 Å². The average molecular weight is 330 g/mol. The van der Waals surface area contributed by atoms with Crippen LogP contribution in [0.3, 0.4) is 0 Å². The molecule has 0 radical (unpaired) electrons. The average Bonchev–Trinajstić information content (AvgIpc) is 2.35. The minimum atomic E-state index is -0.950. The van der Waals surface area contributed by atoms with Crippen LogP contribution in [0.2, 0.25) is 0 Å². The molecule has 0 amide bonds. The third-order valence-electron chi connectivity index (χ3n) is 0.954. The van der Waals surface area contributed by atoms with E-state index in [-0.39, 0.29) is 19.8 Å². The fourth-order valence-electron chi connectivity index (χ4n) is 0.266. The van der Waals surface area contributed by atoms with Gasteiger partial charge < -0.3 is 35.4 Å². The molecule has 0 aromatic rings. The lowest BCUT2D eigenvalue weighted by molar-refractivity contribution is -0.144. The van der Waals surface area contributed by atoms with Crippen molar-refractivity contribution < 1.29 is 49.8 Å². The summed E-state index contributed by atoms with van der Waals surface area (Å²) in [7, 11) is 0. The van der Waals surface area contributed by atoms with E-state index in [1.165, 1.54) is 13.8 Å². The predicted octanol–water partition coefficient (Wildman–Crippen LogP) is -1.56. The molecule has 134 valence electrons. The van der Waals surface area contributed by atoms with Crippen molar-refractivity contribution >= 4 is 17.9 Å². The van der Waals surface area contributed by atoms with E-state index in [9.17, 15) is 4.79 Å². The molecule has 2 unspecified atom stereocenters. The minimum Gasteiger partial charge on any atom is -0.481 e. The summed E-state index contributed by atoms with van der Waals surface area (Å²) in [5.74, 6) is -2.12. The third kappa shape index (κ3) is 103. The van der Waals surface area contributed by atoms with Crippen LogP contribution >= 0.6 is 0 Å². The maximum atomic E-state index is 10.0. The summed E-state index contributed by atoms with van der Waals surface area (Å²) in [5, 5.41) is 47.6. The Balaban J connectivity index is -0.000000107. The smallest absolute Gasteiger partial charge is 0.302 e. The number of ether oxygens (including phenoxy) is 1. The molecule has 6 N–H and O–H groups in total. The van der Waals surface area contributed by atoms with Crippen LogP contribution in [0, 0.1) is 0 Å². The standard InChI is InChI=1S/C5H10O4.C3H8O2.2C2H4O2/c1-4(7)9-3-5(8)2-6;1-3(5)2-4;2*1-2(3)4/h5-6,8H,2-3H2,1H3;3-5H,2H2,1H3;2*1H3,(H,3,4). The first-order valence-electron chi connectivity index (χ1n) is 6.00. The van der Waals surface area contributed by atoms with Gasteiger partial charge in [-0.25, -0.2) is 0 Å². The van der Waals surface area contributed by atoms with Crippen LogP contribution in [-0.2, 0) is 19.1 Å². The molecule has 10 heteroatoms. The van der Waals surface area contributed by atoms with Gasteiger partial charge in [-0.3, -0.25) is 14.4 Å². The zero-order valence-corrected chi connectivity index (χ0v) is 13.1. The third-order valence-corrected chi connectivity index (χ3v) is 0.954. The van der Waals surface area contributed by atoms with Crippen LogP contribution in [0.4, 0.5) is 0 Å². The number of hydrogen-bond acceptors (Lipinski definition) is 8. The molecule has 2 atom stereocenters. The Hall–Kier alpha value is -1.75. The molecule has 0 aliphatic carbocycles. The van der Waals surface area contributed by atoms with Crippen LogP contribution < -0.4 is 0 Å². The lowest BCUT2D eigenvalue weighted by Gasteiger charge is -2.05. The van der Waals surface area contributed by atoms with Gasteiger partial charge >= 0.3 is 5.97 Å². The van der Waals surface area contributed by atoms with Gasteiger partial charge in [-0.1, -0.05) is 0 Å². The Morgan fingerprint density at radius 2 is 1.18 bits per heavy atom. The number of aliphatic hydroxyl groups excluding tert-OH is 4. The maximum absolute atomic E-state index is 10.0. The Labute approximate surface area is 128 Å². The summed E-state index contributed by atoms with van der Waals surface area (Å²) in [6.07, 6.45) is -1.51. The Morgan fingerprint density at radius 3 is 1.32 bits per heavy atom. The van der Waals surface area contributed by atoms with Gasteiger partial charge in [-0.05, 0) is 6.92 Å². The first-order chi connectivity index (χ1) is 9.90. The molecule has 0 heterocycles. The van der Waals surface area contributed by atoms with Crippen molar-refractivity contribution in [3.63, 3.8) is 0 Å². The van der Waals surface area contributed by atoms with Gasteiger partial charge in [0, 0.05) is 20.8 Å². The second-order valence-electron chi connectivity index (χ2n) is 3.71. The largest absolute Gasteiger partial charge is 0.481 e. The first kappa shape index (κ1) is 28.4. The molecule has 0 aromatic carbocycles. The number of aliphatic hydroxyl groups is 4. The zero-order chi connectivity index (χ0) is 18.7. The number of carbonyl (C=O) groups excluding carboxylic acids is 1. The molecular formula is C12H26O10. The molecule has 0 aliphatic heterocycles. The van der Waals surface area contributed by atoms with E-state index in [2.05, 4.69) is 4.74 Å². The van der Waals surface area contributed by atoms with Crippen LogP contribution in [0.25, 0.3) is 0 Å². The fourth-order valence-corrected chi connectivity index (χ4v) is 0.266. The molecule has 0 fully saturated rings. The van der Waals surface area contributed by atoms with Gasteiger partial charge in [0.25, 0.3) is 11.9 Å². The molecule has 0 aliphatic rings. The Bertz CT molecular complexity index is 257. The molecule has 0 rings (SSSR count). The van der Waals surface area contributed by atoms with E-state index in [1.807, 2.05) is 0 Å². The second-order valence-corrected chi connectivity index (χ2v) is 3.71. The minimum absolute atomic E-state index is 0.133. The summed E-state index contributed by atoms with van der Waals surface area (Å²) in [6.45, 7) is 4.28. The highest BCUT2D eigenvalue weighted by molar-refractivity contribution is 5.65. The summed E-state index contributed by atoms with van der Waals surface area (Å²) in [4.78, 5) is 28.0. The van der Waals surface area contributed by atoms with E-state index < -0.39 is 30.1 Å². The van der Waals surface area contributed by atoms with E-state index in [1.54, 1.807) is 0 Å². The topological polar surface area (TPSA) is 182 Å². The second kappa shape index (κ2) is 21.5. The lowest BCUT2D eigenvalue weighted by Crippen LogP contribution is -2.20. The highest BCUT2D eigenvalue weighted by atomic mass is 16.5. The number of carbonyl (C=O) groups is 3. The number of carboxylic acid groups (broad SMARTS) is 2. The number of aliphatic carboxylic acids is 2. The number of hydrogen-bond donors (Lipinski definition) is 6. The summed E-state index contributed by atoms with van der Waals surface area (Å²) >= 11 is 0. The van der Waals surface area contributed by atoms with Crippen molar-refractivity contribution in [2.45, 2.75) is 39.9 Å². The molecule has 0 saturated carbocycles. The van der Waals surface area contributed by atoms with Crippen LogP contribution in [0.5, 0.6) is 0 Å². The van der Waals surface area contributed by atoms with Crippen LogP contribution in [0.15, 0.2) is 0 Å². The molecule has 0 saturated heterocycles. The SMILES string of the molecule is CC(=O)O.CC(=O)O.CC(=O)OCC(O)CO.CC(O)CO. The Kier molecular flexibility index (Phi) is 27.8. The van der Waals surface area contributed by atoms with Gasteiger partial charge in [0.15, 0.2) is 0 Å². The van der Waals surface area contributed by atoms with Gasteiger partial charge in [-0.2, -0.15) is 0 Å². The van der Waals surface area contributed by atoms with Gasteiger partial charge in [-0.15, -0.1) is 0 Å². The maximum Gasteiger partial charge on any atom is 0.302 e. The molecule has 0 spiro atoms. The molecular weight excluding hydrogens is 304 g/mol. The van der Waals surface area contributed by atoms with E-state index in [0.29, 0.717) is 0 Å². The summed E-state index contributed by atoms with van der Waals surface area (Å²) in [6, 6.07) is 0. The van der Waals surface area contributed by atoms with Crippen molar-refractivity contribution in [2.24, 2.45) is 0 Å².